The Morgan fingerprint density at radius 1 is 1.26 bits per heavy atom. The number of aromatic nitrogens is 4. The zero-order chi connectivity index (χ0) is 18.2. The second-order valence-corrected chi connectivity index (χ2v) is 7.26. The van der Waals surface area contributed by atoms with E-state index in [-0.39, 0.29) is 0 Å². The number of aromatic amines is 1. The Bertz CT molecular complexity index is 1060. The van der Waals surface area contributed by atoms with Gasteiger partial charge < -0.3 is 5.32 Å². The Morgan fingerprint density at radius 2 is 2.22 bits per heavy atom. The molecule has 2 bridgehead atoms. The van der Waals surface area contributed by atoms with Crippen LogP contribution in [0.15, 0.2) is 40.4 Å². The Kier molecular flexibility index (Phi) is 3.92. The summed E-state index contributed by atoms with van der Waals surface area (Å²) in [4.78, 5) is 19.0. The van der Waals surface area contributed by atoms with E-state index in [1.807, 2.05) is 31.2 Å². The van der Waals surface area contributed by atoms with Crippen molar-refractivity contribution < 1.29 is 0 Å². The molecule has 0 fully saturated rings. The first-order chi connectivity index (χ1) is 13.2. The fourth-order valence-electron chi connectivity index (χ4n) is 3.85. The van der Waals surface area contributed by atoms with E-state index in [9.17, 15) is 0 Å². The molecule has 2 aliphatic heterocycles. The molecule has 27 heavy (non-hydrogen) atoms. The molecule has 0 radical (unpaired) electrons. The van der Waals surface area contributed by atoms with Gasteiger partial charge in [0, 0.05) is 53.7 Å². The van der Waals surface area contributed by atoms with E-state index in [2.05, 4.69) is 20.5 Å². The number of hydrogen-bond acceptors (Lipinski definition) is 6. The van der Waals surface area contributed by atoms with Crippen LogP contribution in [0.3, 0.4) is 0 Å². The lowest BCUT2D eigenvalue weighted by atomic mass is 9.89. The van der Waals surface area contributed by atoms with Crippen LogP contribution in [0.1, 0.15) is 37.8 Å². The second kappa shape index (κ2) is 6.57. The van der Waals surface area contributed by atoms with Gasteiger partial charge in [0.05, 0.1) is 11.6 Å². The van der Waals surface area contributed by atoms with Gasteiger partial charge in [-0.1, -0.05) is 0 Å². The Labute approximate surface area is 157 Å². The lowest BCUT2D eigenvalue weighted by Crippen LogP contribution is -2.27. The quantitative estimate of drug-likeness (QED) is 0.731. The van der Waals surface area contributed by atoms with Crippen LogP contribution in [0.2, 0.25) is 0 Å². The maximum absolute atomic E-state index is 4.95. The number of hydrogen-bond donors (Lipinski definition) is 2. The van der Waals surface area contributed by atoms with Gasteiger partial charge in [0.25, 0.3) is 0 Å². The zero-order valence-electron chi connectivity index (χ0n) is 15.2. The fourth-order valence-corrected chi connectivity index (χ4v) is 3.85. The average molecular weight is 359 g/mol. The summed E-state index contributed by atoms with van der Waals surface area (Å²) < 4.78 is 0. The molecule has 2 N–H and O–H groups in total. The maximum Gasteiger partial charge on any atom is 0.163 e. The minimum absolute atomic E-state index is 0.402. The summed E-state index contributed by atoms with van der Waals surface area (Å²) in [7, 11) is 0. The molecule has 5 rings (SSSR count). The lowest BCUT2D eigenvalue weighted by molar-refractivity contribution is 0.568. The average Bonchev–Trinajstić information content (AvgIpc) is 3.06. The molecule has 5 heterocycles. The molecule has 0 spiro atoms. The predicted molar refractivity (Wildman–Crippen MR) is 108 cm³/mol. The summed E-state index contributed by atoms with van der Waals surface area (Å²) in [5, 5.41) is 11.4. The first-order valence-electron chi connectivity index (χ1n) is 9.40. The van der Waals surface area contributed by atoms with Gasteiger partial charge in [0.1, 0.15) is 5.82 Å². The van der Waals surface area contributed by atoms with Crippen molar-refractivity contribution in [3.63, 3.8) is 0 Å². The van der Waals surface area contributed by atoms with Crippen molar-refractivity contribution in [3.05, 3.63) is 36.2 Å². The monoisotopic (exact) mass is 359 g/mol. The highest BCUT2D eigenvalue weighted by molar-refractivity contribution is 6.08. The number of fused-ring (bicyclic) bond motifs is 2. The molecule has 136 valence electrons. The van der Waals surface area contributed by atoms with Gasteiger partial charge in [0.2, 0.25) is 0 Å². The molecule has 2 aliphatic rings. The third-order valence-electron chi connectivity index (χ3n) is 5.05. The summed E-state index contributed by atoms with van der Waals surface area (Å²) in [5.41, 5.74) is 4.33. The minimum Gasteiger partial charge on any atom is -0.323 e. The molecule has 0 amide bonds. The number of pyridine rings is 2. The smallest absolute Gasteiger partial charge is 0.163 e. The number of aryl methyl sites for hydroxylation is 1. The topological polar surface area (TPSA) is 91.2 Å². The van der Waals surface area contributed by atoms with Crippen LogP contribution >= 0.6 is 0 Å². The van der Waals surface area contributed by atoms with Gasteiger partial charge >= 0.3 is 0 Å². The highest BCUT2D eigenvalue weighted by atomic mass is 15.2. The van der Waals surface area contributed by atoms with Crippen molar-refractivity contribution in [2.24, 2.45) is 9.98 Å². The van der Waals surface area contributed by atoms with E-state index >= 15 is 0 Å². The Morgan fingerprint density at radius 3 is 3.07 bits per heavy atom. The SMILES string of the molecule is Cc1cc(Nc2cc3ncccc3c(N=C3CC4=N[C@H](CCC4)C3)n2)n[nH]1. The van der Waals surface area contributed by atoms with Crippen molar-refractivity contribution in [3.8, 4) is 0 Å². The zero-order valence-corrected chi connectivity index (χ0v) is 15.2. The molecule has 0 saturated heterocycles. The first-order valence-corrected chi connectivity index (χ1v) is 9.40. The van der Waals surface area contributed by atoms with Crippen LogP contribution < -0.4 is 5.32 Å². The molecule has 1 atom stereocenters. The summed E-state index contributed by atoms with van der Waals surface area (Å²) in [6.45, 7) is 1.97. The number of aliphatic imine (C=N–C) groups is 2. The molecular formula is C20H21N7. The van der Waals surface area contributed by atoms with Crippen LogP contribution in [0.4, 0.5) is 17.5 Å². The standard InChI is InChI=1S/C20H21N7/c1-12-8-19(27-26-12)24-18-11-17-16(6-3-7-21-17)20(25-18)23-15-9-13-4-2-5-14(10-15)22-13/h3,6-8,11,13H,2,4-5,9-10H2,1H3,(H2,24,25,26,27)/t13-/m1/s1. The molecule has 0 unspecified atom stereocenters. The number of H-pyrrole nitrogens is 1. The third-order valence-corrected chi connectivity index (χ3v) is 5.05. The molecular weight excluding hydrogens is 338 g/mol. The summed E-state index contributed by atoms with van der Waals surface area (Å²) >= 11 is 0. The summed E-state index contributed by atoms with van der Waals surface area (Å²) in [6, 6.07) is 8.23. The number of nitrogens with zero attached hydrogens (tertiary/aromatic N) is 5. The van der Waals surface area contributed by atoms with Crippen LogP contribution in [-0.2, 0) is 0 Å². The molecule has 7 heteroatoms. The maximum atomic E-state index is 4.95. The van der Waals surface area contributed by atoms with Crippen molar-refractivity contribution >= 4 is 39.8 Å². The third kappa shape index (κ3) is 3.32. The molecule has 3 aromatic heterocycles. The van der Waals surface area contributed by atoms with Gasteiger partial charge in [-0.2, -0.15) is 5.10 Å². The second-order valence-electron chi connectivity index (χ2n) is 7.26. The van der Waals surface area contributed by atoms with Gasteiger partial charge in [-0.05, 0) is 38.3 Å². The fraction of sp³-hybridized carbons (Fsp3) is 0.350. The first kappa shape index (κ1) is 16.1. The predicted octanol–water partition coefficient (Wildman–Crippen LogP) is 4.26. The van der Waals surface area contributed by atoms with Crippen molar-refractivity contribution in [2.75, 3.05) is 5.32 Å². The van der Waals surface area contributed by atoms with Crippen molar-refractivity contribution in [1.29, 1.82) is 0 Å². The van der Waals surface area contributed by atoms with Crippen molar-refractivity contribution in [2.45, 2.75) is 45.1 Å². The molecule has 0 saturated carbocycles. The number of anilines is 2. The van der Waals surface area contributed by atoms with Gasteiger partial charge in [0.15, 0.2) is 11.6 Å². The van der Waals surface area contributed by atoms with E-state index < -0.39 is 0 Å². The van der Waals surface area contributed by atoms with Crippen LogP contribution in [0.25, 0.3) is 10.9 Å². The molecule has 0 aliphatic carbocycles. The Balaban J connectivity index is 1.54. The largest absolute Gasteiger partial charge is 0.323 e. The van der Waals surface area contributed by atoms with Crippen LogP contribution in [0.5, 0.6) is 0 Å². The molecule has 7 nitrogen and oxygen atoms in total. The molecule has 0 aromatic carbocycles. The normalized spacial score (nSPS) is 20.7. The number of rotatable bonds is 3. The van der Waals surface area contributed by atoms with Gasteiger partial charge in [-0.15, -0.1) is 0 Å². The summed E-state index contributed by atoms with van der Waals surface area (Å²) in [5.74, 6) is 2.14. The highest BCUT2D eigenvalue weighted by Gasteiger charge is 2.24. The van der Waals surface area contributed by atoms with E-state index in [0.717, 1.165) is 41.7 Å². The van der Waals surface area contributed by atoms with E-state index in [4.69, 9.17) is 15.0 Å². The Hall–Kier alpha value is -3.09. The van der Waals surface area contributed by atoms with E-state index in [0.29, 0.717) is 17.7 Å². The van der Waals surface area contributed by atoms with Crippen LogP contribution in [0, 0.1) is 6.92 Å². The lowest BCUT2D eigenvalue weighted by Gasteiger charge is -2.26. The summed E-state index contributed by atoms with van der Waals surface area (Å²) in [6.07, 6.45) is 7.12. The van der Waals surface area contributed by atoms with Gasteiger partial charge in [-0.3, -0.25) is 15.1 Å². The van der Waals surface area contributed by atoms with E-state index in [1.54, 1.807) is 6.20 Å². The van der Waals surface area contributed by atoms with Gasteiger partial charge in [-0.25, -0.2) is 9.98 Å². The molecule has 3 aromatic rings. The minimum atomic E-state index is 0.402. The number of nitrogens with one attached hydrogen (secondary N) is 2. The highest BCUT2D eigenvalue weighted by Crippen LogP contribution is 2.30. The van der Waals surface area contributed by atoms with E-state index in [1.165, 1.54) is 24.3 Å². The van der Waals surface area contributed by atoms with Crippen LogP contribution in [-0.4, -0.2) is 37.6 Å². The van der Waals surface area contributed by atoms with Crippen molar-refractivity contribution in [1.82, 2.24) is 20.2 Å².